The van der Waals surface area contributed by atoms with Gasteiger partial charge < -0.3 is 9.88 Å². The molecule has 3 heterocycles. The Morgan fingerprint density at radius 3 is 2.83 bits per heavy atom. The Labute approximate surface area is 149 Å². The minimum atomic E-state index is -0.134. The minimum Gasteiger partial charge on any atom is -0.312 e. The van der Waals surface area contributed by atoms with Crippen molar-refractivity contribution in [2.24, 2.45) is 0 Å². The zero-order chi connectivity index (χ0) is 16.5. The molecule has 0 atom stereocenters. The Balaban J connectivity index is 1.39. The summed E-state index contributed by atoms with van der Waals surface area (Å²) in [5.41, 5.74) is 0.766. The monoisotopic (exact) mass is 393 g/mol. The van der Waals surface area contributed by atoms with Crippen LogP contribution in [0.4, 0.5) is 4.39 Å². The molecule has 5 nitrogen and oxygen atoms in total. The number of likely N-dealkylation sites (tertiary alicyclic amines) is 1. The first-order chi connectivity index (χ1) is 11.7. The lowest BCUT2D eigenvalue weighted by atomic mass is 9.95. The van der Waals surface area contributed by atoms with Crippen LogP contribution in [-0.2, 0) is 19.6 Å². The quantitative estimate of drug-likeness (QED) is 0.870. The number of nitrogens with one attached hydrogen (secondary N) is 1. The van der Waals surface area contributed by atoms with Gasteiger partial charge in [0.15, 0.2) is 0 Å². The van der Waals surface area contributed by atoms with E-state index in [1.165, 1.54) is 0 Å². The van der Waals surface area contributed by atoms with E-state index in [1.807, 2.05) is 12.1 Å². The highest BCUT2D eigenvalue weighted by atomic mass is 79.9. The van der Waals surface area contributed by atoms with Gasteiger partial charge in [-0.3, -0.25) is 4.90 Å². The van der Waals surface area contributed by atoms with E-state index < -0.39 is 0 Å². The number of hydrogen-bond acceptors (Lipinski definition) is 4. The number of nitrogens with zero attached hydrogens (tertiary/aromatic N) is 4. The molecule has 0 amide bonds. The highest BCUT2D eigenvalue weighted by molar-refractivity contribution is 9.10. The van der Waals surface area contributed by atoms with Gasteiger partial charge in [-0.2, -0.15) is 0 Å². The summed E-state index contributed by atoms with van der Waals surface area (Å²) in [4.78, 5) is 2.33. The molecule has 24 heavy (non-hydrogen) atoms. The summed E-state index contributed by atoms with van der Waals surface area (Å²) >= 11 is 3.31. The second-order valence-electron chi connectivity index (χ2n) is 6.59. The summed E-state index contributed by atoms with van der Waals surface area (Å²) in [6, 6.07) is 5.31. The Bertz CT molecular complexity index is 724. The molecule has 1 aromatic carbocycles. The van der Waals surface area contributed by atoms with Crippen LogP contribution in [0.2, 0.25) is 0 Å². The molecule has 1 saturated heterocycles. The van der Waals surface area contributed by atoms with Crippen molar-refractivity contribution in [3.8, 4) is 0 Å². The molecule has 2 aromatic rings. The lowest BCUT2D eigenvalue weighted by Crippen LogP contribution is -2.35. The SMILES string of the molecule is Fc1cc(Br)ccc1CN1CCC(c2nnc3n2CCNC3)CC1. The summed E-state index contributed by atoms with van der Waals surface area (Å²) < 4.78 is 17.1. The number of piperidine rings is 1. The zero-order valence-corrected chi connectivity index (χ0v) is 15.1. The number of aromatic nitrogens is 3. The largest absolute Gasteiger partial charge is 0.312 e. The molecule has 128 valence electrons. The third-order valence-electron chi connectivity index (χ3n) is 5.01. The molecule has 2 aliphatic rings. The fraction of sp³-hybridized carbons (Fsp3) is 0.529. The molecule has 0 saturated carbocycles. The van der Waals surface area contributed by atoms with Crippen molar-refractivity contribution < 1.29 is 4.39 Å². The second kappa shape index (κ2) is 6.90. The van der Waals surface area contributed by atoms with Gasteiger partial charge in [-0.05, 0) is 38.1 Å². The van der Waals surface area contributed by atoms with Gasteiger partial charge in [-0.1, -0.05) is 22.0 Å². The lowest BCUT2D eigenvalue weighted by molar-refractivity contribution is 0.197. The maximum atomic E-state index is 14.0. The fourth-order valence-electron chi connectivity index (χ4n) is 3.66. The average molecular weight is 394 g/mol. The Morgan fingerprint density at radius 1 is 1.21 bits per heavy atom. The van der Waals surface area contributed by atoms with Gasteiger partial charge in [0.05, 0.1) is 6.54 Å². The van der Waals surface area contributed by atoms with Gasteiger partial charge in [0, 0.05) is 35.6 Å². The van der Waals surface area contributed by atoms with Gasteiger partial charge >= 0.3 is 0 Å². The number of fused-ring (bicyclic) bond motifs is 1. The molecule has 1 aromatic heterocycles. The van der Waals surface area contributed by atoms with E-state index in [4.69, 9.17) is 0 Å². The third-order valence-corrected chi connectivity index (χ3v) is 5.51. The van der Waals surface area contributed by atoms with Gasteiger partial charge in [0.25, 0.3) is 0 Å². The van der Waals surface area contributed by atoms with E-state index in [0.29, 0.717) is 12.5 Å². The Kier molecular flexibility index (Phi) is 4.65. The molecule has 1 N–H and O–H groups in total. The highest BCUT2D eigenvalue weighted by Gasteiger charge is 2.27. The lowest BCUT2D eigenvalue weighted by Gasteiger charge is -2.32. The second-order valence-corrected chi connectivity index (χ2v) is 7.50. The summed E-state index contributed by atoms with van der Waals surface area (Å²) in [7, 11) is 0. The van der Waals surface area contributed by atoms with E-state index in [2.05, 4.69) is 40.9 Å². The van der Waals surface area contributed by atoms with Gasteiger partial charge in [0.2, 0.25) is 0 Å². The van der Waals surface area contributed by atoms with Gasteiger partial charge in [0.1, 0.15) is 17.5 Å². The molecule has 0 spiro atoms. The van der Waals surface area contributed by atoms with Crippen LogP contribution in [-0.4, -0.2) is 39.3 Å². The van der Waals surface area contributed by atoms with E-state index in [9.17, 15) is 4.39 Å². The van der Waals surface area contributed by atoms with Crippen molar-refractivity contribution in [2.75, 3.05) is 19.6 Å². The van der Waals surface area contributed by atoms with Crippen LogP contribution in [0.5, 0.6) is 0 Å². The summed E-state index contributed by atoms with van der Waals surface area (Å²) in [5, 5.41) is 12.1. The van der Waals surface area contributed by atoms with Gasteiger partial charge in [-0.25, -0.2) is 4.39 Å². The number of hydrogen-bond donors (Lipinski definition) is 1. The van der Waals surface area contributed by atoms with Crippen LogP contribution in [0.3, 0.4) is 0 Å². The first-order valence-corrected chi connectivity index (χ1v) is 9.29. The van der Waals surface area contributed by atoms with Crippen molar-refractivity contribution in [2.45, 2.75) is 38.4 Å². The number of halogens is 2. The van der Waals surface area contributed by atoms with E-state index in [1.54, 1.807) is 6.07 Å². The molecule has 0 unspecified atom stereocenters. The van der Waals surface area contributed by atoms with Crippen LogP contribution in [0, 0.1) is 5.82 Å². The summed E-state index contributed by atoms with van der Waals surface area (Å²) in [6.07, 6.45) is 2.12. The zero-order valence-electron chi connectivity index (χ0n) is 13.5. The highest BCUT2D eigenvalue weighted by Crippen LogP contribution is 2.29. The molecule has 0 aliphatic carbocycles. The predicted molar refractivity (Wildman–Crippen MR) is 93.1 cm³/mol. The molecule has 2 aliphatic heterocycles. The molecule has 1 fully saturated rings. The van der Waals surface area contributed by atoms with Crippen LogP contribution in [0.15, 0.2) is 22.7 Å². The Morgan fingerprint density at radius 2 is 2.04 bits per heavy atom. The smallest absolute Gasteiger partial charge is 0.147 e. The maximum absolute atomic E-state index is 14.0. The maximum Gasteiger partial charge on any atom is 0.147 e. The van der Waals surface area contributed by atoms with E-state index >= 15 is 0 Å². The first kappa shape index (κ1) is 16.2. The van der Waals surface area contributed by atoms with Crippen LogP contribution in [0.1, 0.15) is 36.0 Å². The molecular weight excluding hydrogens is 373 g/mol. The standard InChI is InChI=1S/C17H21BrFN5/c18-14-2-1-13(15(19)9-14)11-23-6-3-12(4-7-23)17-22-21-16-10-20-5-8-24(16)17/h1-2,9,12,20H,3-8,10-11H2. The number of rotatable bonds is 3. The first-order valence-electron chi connectivity index (χ1n) is 8.49. The van der Waals surface area contributed by atoms with Crippen molar-refractivity contribution in [3.05, 3.63) is 45.7 Å². The van der Waals surface area contributed by atoms with Crippen molar-refractivity contribution >= 4 is 15.9 Å². The average Bonchev–Trinajstić information content (AvgIpc) is 3.02. The molecular formula is C17H21BrFN5. The van der Waals surface area contributed by atoms with Crippen LogP contribution in [0.25, 0.3) is 0 Å². The van der Waals surface area contributed by atoms with Crippen LogP contribution < -0.4 is 5.32 Å². The third kappa shape index (κ3) is 3.25. The molecule has 0 bridgehead atoms. The Hall–Kier alpha value is -1.31. The summed E-state index contributed by atoms with van der Waals surface area (Å²) in [5.74, 6) is 2.53. The van der Waals surface area contributed by atoms with E-state index in [0.717, 1.165) is 67.3 Å². The summed E-state index contributed by atoms with van der Waals surface area (Å²) in [6.45, 7) is 5.38. The van der Waals surface area contributed by atoms with Crippen molar-refractivity contribution in [1.82, 2.24) is 25.0 Å². The van der Waals surface area contributed by atoms with Crippen molar-refractivity contribution in [3.63, 3.8) is 0 Å². The predicted octanol–water partition coefficient (Wildman–Crippen LogP) is 2.66. The number of benzene rings is 1. The van der Waals surface area contributed by atoms with Crippen LogP contribution >= 0.6 is 15.9 Å². The molecule has 7 heteroatoms. The minimum absolute atomic E-state index is 0.134. The topological polar surface area (TPSA) is 46.0 Å². The normalized spacial score (nSPS) is 19.4. The fourth-order valence-corrected chi connectivity index (χ4v) is 3.99. The van der Waals surface area contributed by atoms with E-state index in [-0.39, 0.29) is 5.82 Å². The molecule has 4 rings (SSSR count). The van der Waals surface area contributed by atoms with Gasteiger partial charge in [-0.15, -0.1) is 10.2 Å². The van der Waals surface area contributed by atoms with Crippen molar-refractivity contribution in [1.29, 1.82) is 0 Å². The molecule has 0 radical (unpaired) electrons.